The summed E-state index contributed by atoms with van der Waals surface area (Å²) in [6, 6.07) is 0. The van der Waals surface area contributed by atoms with Crippen molar-refractivity contribution in [1.82, 2.24) is 14.6 Å². The van der Waals surface area contributed by atoms with Gasteiger partial charge in [0.25, 0.3) is 0 Å². The molecule has 0 spiro atoms. The smallest absolute Gasteiger partial charge is 0.232 e. The van der Waals surface area contributed by atoms with Gasteiger partial charge < -0.3 is 0 Å². The van der Waals surface area contributed by atoms with Crippen LogP contribution in [0.5, 0.6) is 0 Å². The van der Waals surface area contributed by atoms with E-state index in [2.05, 4.69) is 30.9 Å². The number of rotatable bonds is 1. The van der Waals surface area contributed by atoms with Crippen molar-refractivity contribution in [2.45, 2.75) is 39.0 Å². The monoisotopic (exact) mass is 266 g/mol. The quantitative estimate of drug-likeness (QED) is 0.796. The molecule has 0 N–H and O–H groups in total. The number of anilines is 1. The van der Waals surface area contributed by atoms with Crippen molar-refractivity contribution in [3.63, 3.8) is 0 Å². The summed E-state index contributed by atoms with van der Waals surface area (Å²) in [6.45, 7) is 8.19. The van der Waals surface area contributed by atoms with E-state index >= 15 is 0 Å². The summed E-state index contributed by atoms with van der Waals surface area (Å²) in [7, 11) is 0. The van der Waals surface area contributed by atoms with Crippen LogP contribution in [0.2, 0.25) is 0 Å². The molecule has 3 rings (SSSR count). The highest BCUT2D eigenvalue weighted by molar-refractivity contribution is 7.20. The summed E-state index contributed by atoms with van der Waals surface area (Å²) in [4.78, 5) is 11.2. The molecule has 6 heteroatoms. The molecule has 1 aliphatic rings. The first-order chi connectivity index (χ1) is 8.54. The molecule has 2 aromatic rings. The minimum absolute atomic E-state index is 0.0647. The Kier molecular flexibility index (Phi) is 2.79. The van der Waals surface area contributed by atoms with E-state index in [4.69, 9.17) is 4.84 Å². The maximum atomic E-state index is 5.60. The van der Waals surface area contributed by atoms with Crippen LogP contribution in [0.25, 0.3) is 4.96 Å². The van der Waals surface area contributed by atoms with Gasteiger partial charge in [0.05, 0.1) is 18.5 Å². The van der Waals surface area contributed by atoms with Crippen molar-refractivity contribution in [3.05, 3.63) is 11.9 Å². The van der Waals surface area contributed by atoms with Crippen molar-refractivity contribution >= 4 is 21.4 Å². The first-order valence-electron chi connectivity index (χ1n) is 6.31. The topological polar surface area (TPSA) is 42.7 Å². The molecule has 0 saturated carbocycles. The largest absolute Gasteiger partial charge is 0.271 e. The SMILES string of the molecule is CC(C)(C)c1cn2nc(N3CCCCO3)sc2n1. The molecule has 18 heavy (non-hydrogen) atoms. The third kappa shape index (κ3) is 2.10. The van der Waals surface area contributed by atoms with Gasteiger partial charge in [-0.1, -0.05) is 32.1 Å². The van der Waals surface area contributed by atoms with Gasteiger partial charge in [0.1, 0.15) is 0 Å². The fourth-order valence-electron chi connectivity index (χ4n) is 1.90. The zero-order valence-electron chi connectivity index (χ0n) is 11.0. The standard InChI is InChI=1S/C12H18N4OS/c1-12(2,3)9-8-15-10(13-9)18-11(14-15)16-6-4-5-7-17-16/h8H,4-7H2,1-3H3. The number of hydroxylamine groups is 1. The predicted molar refractivity (Wildman–Crippen MR) is 72.1 cm³/mol. The molecule has 0 bridgehead atoms. The van der Waals surface area contributed by atoms with Crippen molar-refractivity contribution in [2.75, 3.05) is 18.2 Å². The van der Waals surface area contributed by atoms with E-state index in [-0.39, 0.29) is 5.41 Å². The van der Waals surface area contributed by atoms with E-state index in [0.29, 0.717) is 0 Å². The Bertz CT molecular complexity index is 516. The Morgan fingerprint density at radius 3 is 2.78 bits per heavy atom. The summed E-state index contributed by atoms with van der Waals surface area (Å²) in [5.74, 6) is 0. The van der Waals surface area contributed by atoms with Crippen molar-refractivity contribution in [1.29, 1.82) is 0 Å². The lowest BCUT2D eigenvalue weighted by atomic mass is 9.93. The maximum absolute atomic E-state index is 5.60. The fourth-order valence-corrected chi connectivity index (χ4v) is 2.77. The molecule has 0 aromatic carbocycles. The van der Waals surface area contributed by atoms with Crippen molar-refractivity contribution in [2.24, 2.45) is 0 Å². The Labute approximate surface area is 110 Å². The third-order valence-corrected chi connectivity index (χ3v) is 3.95. The summed E-state index contributed by atoms with van der Waals surface area (Å²) >= 11 is 1.58. The zero-order chi connectivity index (χ0) is 12.8. The summed E-state index contributed by atoms with van der Waals surface area (Å²) in [5, 5.41) is 7.33. The van der Waals surface area contributed by atoms with Crippen LogP contribution in [0.4, 0.5) is 5.13 Å². The number of hydrogen-bond donors (Lipinski definition) is 0. The van der Waals surface area contributed by atoms with Gasteiger partial charge in [-0.2, -0.15) is 0 Å². The van der Waals surface area contributed by atoms with Gasteiger partial charge in [0, 0.05) is 12.0 Å². The highest BCUT2D eigenvalue weighted by Gasteiger charge is 2.21. The predicted octanol–water partition coefficient (Wildman–Crippen LogP) is 2.62. The third-order valence-electron chi connectivity index (χ3n) is 3.02. The van der Waals surface area contributed by atoms with E-state index in [0.717, 1.165) is 41.8 Å². The minimum atomic E-state index is 0.0647. The lowest BCUT2D eigenvalue weighted by molar-refractivity contribution is 0.0773. The molecule has 0 radical (unpaired) electrons. The van der Waals surface area contributed by atoms with E-state index in [1.165, 1.54) is 0 Å². The Morgan fingerprint density at radius 2 is 2.17 bits per heavy atom. The van der Waals surface area contributed by atoms with Crippen LogP contribution in [0, 0.1) is 0 Å². The van der Waals surface area contributed by atoms with Crippen LogP contribution in [-0.2, 0) is 10.3 Å². The van der Waals surface area contributed by atoms with Crippen LogP contribution in [0.1, 0.15) is 39.3 Å². The number of fused-ring (bicyclic) bond motifs is 1. The molecule has 0 aliphatic carbocycles. The number of imidazole rings is 1. The second-order valence-electron chi connectivity index (χ2n) is 5.63. The first kappa shape index (κ1) is 11.9. The van der Waals surface area contributed by atoms with E-state index in [1.54, 1.807) is 11.3 Å². The van der Waals surface area contributed by atoms with Gasteiger partial charge in [-0.25, -0.2) is 14.6 Å². The van der Waals surface area contributed by atoms with Gasteiger partial charge in [0.15, 0.2) is 0 Å². The van der Waals surface area contributed by atoms with Crippen LogP contribution in [0.15, 0.2) is 6.20 Å². The number of hydrogen-bond acceptors (Lipinski definition) is 5. The number of aromatic nitrogens is 3. The molecule has 0 amide bonds. The molecule has 1 fully saturated rings. The van der Waals surface area contributed by atoms with Gasteiger partial charge in [-0.15, -0.1) is 5.10 Å². The van der Waals surface area contributed by atoms with E-state index in [1.807, 2.05) is 15.8 Å². The van der Waals surface area contributed by atoms with E-state index < -0.39 is 0 Å². The zero-order valence-corrected chi connectivity index (χ0v) is 11.8. The molecular formula is C12H18N4OS. The molecular weight excluding hydrogens is 248 g/mol. The highest BCUT2D eigenvalue weighted by atomic mass is 32.1. The molecule has 98 valence electrons. The molecule has 0 atom stereocenters. The van der Waals surface area contributed by atoms with Crippen molar-refractivity contribution in [3.8, 4) is 0 Å². The summed E-state index contributed by atoms with van der Waals surface area (Å²) in [5.41, 5.74) is 1.14. The molecule has 3 heterocycles. The second kappa shape index (κ2) is 4.20. The Balaban J connectivity index is 1.90. The average molecular weight is 266 g/mol. The Hall–Kier alpha value is -1.14. The van der Waals surface area contributed by atoms with Crippen LogP contribution in [-0.4, -0.2) is 27.7 Å². The van der Waals surface area contributed by atoms with Gasteiger partial charge in [0.2, 0.25) is 10.1 Å². The molecule has 5 nitrogen and oxygen atoms in total. The van der Waals surface area contributed by atoms with Gasteiger partial charge >= 0.3 is 0 Å². The lowest BCUT2D eigenvalue weighted by Crippen LogP contribution is -2.29. The van der Waals surface area contributed by atoms with Crippen LogP contribution in [0.3, 0.4) is 0 Å². The maximum Gasteiger partial charge on any atom is 0.232 e. The normalized spacial score (nSPS) is 17.6. The van der Waals surface area contributed by atoms with Crippen LogP contribution >= 0.6 is 11.3 Å². The molecule has 2 aromatic heterocycles. The lowest BCUT2D eigenvalue weighted by Gasteiger charge is -2.24. The highest BCUT2D eigenvalue weighted by Crippen LogP contribution is 2.28. The summed E-state index contributed by atoms with van der Waals surface area (Å²) < 4.78 is 1.86. The van der Waals surface area contributed by atoms with Crippen LogP contribution < -0.4 is 5.06 Å². The second-order valence-corrected chi connectivity index (χ2v) is 6.56. The molecule has 1 aliphatic heterocycles. The molecule has 1 saturated heterocycles. The fraction of sp³-hybridized carbons (Fsp3) is 0.667. The summed E-state index contributed by atoms with van der Waals surface area (Å²) in [6.07, 6.45) is 4.31. The first-order valence-corrected chi connectivity index (χ1v) is 7.13. The van der Waals surface area contributed by atoms with Gasteiger partial charge in [-0.3, -0.25) is 4.84 Å². The molecule has 0 unspecified atom stereocenters. The van der Waals surface area contributed by atoms with Crippen molar-refractivity contribution < 1.29 is 4.84 Å². The Morgan fingerprint density at radius 1 is 1.33 bits per heavy atom. The minimum Gasteiger partial charge on any atom is -0.271 e. The average Bonchev–Trinajstić information content (AvgIpc) is 2.86. The van der Waals surface area contributed by atoms with Gasteiger partial charge in [-0.05, 0) is 12.8 Å². The van der Waals surface area contributed by atoms with E-state index in [9.17, 15) is 0 Å². The number of nitrogens with zero attached hydrogens (tertiary/aromatic N) is 4.